The van der Waals surface area contributed by atoms with Crippen LogP contribution in [0.25, 0.3) is 10.9 Å². The number of piperidine rings is 1. The second-order valence-electron chi connectivity index (χ2n) is 6.76. The third-order valence-corrected chi connectivity index (χ3v) is 5.16. The van der Waals surface area contributed by atoms with Gasteiger partial charge in [0.1, 0.15) is 5.82 Å². The summed E-state index contributed by atoms with van der Waals surface area (Å²) in [5.74, 6) is 1.08. The predicted molar refractivity (Wildman–Crippen MR) is 97.6 cm³/mol. The Morgan fingerprint density at radius 1 is 1.16 bits per heavy atom. The topological polar surface area (TPSA) is 51.0 Å². The Bertz CT molecular complexity index is 930. The van der Waals surface area contributed by atoms with Crippen LogP contribution in [0.3, 0.4) is 0 Å². The average molecular weight is 334 g/mol. The van der Waals surface area contributed by atoms with Gasteiger partial charge in [-0.3, -0.25) is 9.78 Å². The molecule has 3 heterocycles. The lowest BCUT2D eigenvalue weighted by atomic mass is 10.0. The van der Waals surface area contributed by atoms with Crippen molar-refractivity contribution in [2.75, 3.05) is 13.1 Å². The molecule has 1 fully saturated rings. The van der Waals surface area contributed by atoms with Crippen LogP contribution in [-0.4, -0.2) is 38.4 Å². The molecule has 1 amide bonds. The van der Waals surface area contributed by atoms with E-state index in [1.807, 2.05) is 48.5 Å². The number of nitrogens with zero attached hydrogens (tertiary/aromatic N) is 4. The van der Waals surface area contributed by atoms with Gasteiger partial charge in [0.15, 0.2) is 0 Å². The normalized spacial score (nSPS) is 17.8. The third-order valence-electron chi connectivity index (χ3n) is 5.16. The summed E-state index contributed by atoms with van der Waals surface area (Å²) in [5, 5.41) is 1.05. The number of hydrogen-bond donors (Lipinski definition) is 0. The summed E-state index contributed by atoms with van der Waals surface area (Å²) < 4.78 is 2.19. The van der Waals surface area contributed by atoms with Crippen LogP contribution >= 0.6 is 0 Å². The van der Waals surface area contributed by atoms with Gasteiger partial charge in [0.25, 0.3) is 5.91 Å². The van der Waals surface area contributed by atoms with Gasteiger partial charge in [-0.05, 0) is 44.4 Å². The molecule has 1 aliphatic heterocycles. The van der Waals surface area contributed by atoms with Crippen LogP contribution in [0.4, 0.5) is 0 Å². The fourth-order valence-corrected chi connectivity index (χ4v) is 3.80. The van der Waals surface area contributed by atoms with Crippen molar-refractivity contribution in [3.63, 3.8) is 0 Å². The number of pyridine rings is 1. The second kappa shape index (κ2) is 6.31. The number of amides is 1. The largest absolute Gasteiger partial charge is 0.337 e. The number of aryl methyl sites for hydroxylation is 2. The molecule has 0 aliphatic carbocycles. The Kier molecular flexibility index (Phi) is 3.99. The number of carbonyl (C=O) groups excluding carboxylic acids is 1. The molecule has 1 aromatic carbocycles. The van der Waals surface area contributed by atoms with Crippen molar-refractivity contribution in [3.05, 3.63) is 59.8 Å². The highest BCUT2D eigenvalue weighted by molar-refractivity contribution is 6.06. The summed E-state index contributed by atoms with van der Waals surface area (Å²) in [7, 11) is 0. The van der Waals surface area contributed by atoms with E-state index in [2.05, 4.69) is 21.5 Å². The van der Waals surface area contributed by atoms with Crippen molar-refractivity contribution in [3.8, 4) is 0 Å². The summed E-state index contributed by atoms with van der Waals surface area (Å²) in [6.45, 7) is 5.58. The van der Waals surface area contributed by atoms with E-state index in [4.69, 9.17) is 0 Å². The fourth-order valence-electron chi connectivity index (χ4n) is 3.80. The van der Waals surface area contributed by atoms with Crippen molar-refractivity contribution in [1.29, 1.82) is 0 Å². The molecule has 0 spiro atoms. The van der Waals surface area contributed by atoms with Crippen LogP contribution in [0, 0.1) is 13.8 Å². The number of fused-ring (bicyclic) bond motifs is 1. The molecule has 0 radical (unpaired) electrons. The molecule has 1 saturated heterocycles. The summed E-state index contributed by atoms with van der Waals surface area (Å²) >= 11 is 0. The zero-order valence-corrected chi connectivity index (χ0v) is 14.6. The van der Waals surface area contributed by atoms with E-state index < -0.39 is 0 Å². The fraction of sp³-hybridized carbons (Fsp3) is 0.350. The molecule has 5 heteroatoms. The Labute approximate surface area is 147 Å². The van der Waals surface area contributed by atoms with Crippen molar-refractivity contribution in [2.45, 2.75) is 32.7 Å². The lowest BCUT2D eigenvalue weighted by Gasteiger charge is -2.34. The first-order valence-electron chi connectivity index (χ1n) is 8.78. The van der Waals surface area contributed by atoms with Crippen molar-refractivity contribution in [1.82, 2.24) is 19.4 Å². The van der Waals surface area contributed by atoms with E-state index in [0.717, 1.165) is 48.2 Å². The van der Waals surface area contributed by atoms with Gasteiger partial charge >= 0.3 is 0 Å². The molecule has 25 heavy (non-hydrogen) atoms. The quantitative estimate of drug-likeness (QED) is 0.720. The molecule has 1 aliphatic rings. The molecule has 1 atom stereocenters. The van der Waals surface area contributed by atoms with E-state index in [1.54, 1.807) is 6.20 Å². The zero-order chi connectivity index (χ0) is 17.4. The lowest BCUT2D eigenvalue weighted by molar-refractivity contribution is 0.0680. The Morgan fingerprint density at radius 3 is 2.84 bits per heavy atom. The van der Waals surface area contributed by atoms with Crippen molar-refractivity contribution >= 4 is 16.8 Å². The molecule has 5 nitrogen and oxygen atoms in total. The standard InChI is InChI=1S/C20H22N4O/c1-14-7-8-18(19-17(14)6-3-9-22-19)20(25)23-11-4-5-16(13-23)24-12-10-21-15(24)2/h3,6-10,12,16H,4-5,11,13H2,1-2H3. The van der Waals surface area contributed by atoms with E-state index in [0.29, 0.717) is 11.6 Å². The molecule has 0 N–H and O–H groups in total. The molecule has 0 bridgehead atoms. The first-order chi connectivity index (χ1) is 12.1. The maximum absolute atomic E-state index is 13.2. The smallest absolute Gasteiger partial charge is 0.256 e. The number of carbonyl (C=O) groups is 1. The number of benzene rings is 1. The van der Waals surface area contributed by atoms with Gasteiger partial charge in [0, 0.05) is 37.1 Å². The van der Waals surface area contributed by atoms with Crippen LogP contribution in [0.15, 0.2) is 42.9 Å². The van der Waals surface area contributed by atoms with Gasteiger partial charge in [-0.1, -0.05) is 12.1 Å². The molecule has 1 unspecified atom stereocenters. The molecular weight excluding hydrogens is 312 g/mol. The Morgan fingerprint density at radius 2 is 2.04 bits per heavy atom. The minimum atomic E-state index is 0.0752. The zero-order valence-electron chi connectivity index (χ0n) is 14.6. The van der Waals surface area contributed by atoms with Crippen LogP contribution in [0.1, 0.15) is 40.6 Å². The molecule has 2 aromatic heterocycles. The highest BCUT2D eigenvalue weighted by Gasteiger charge is 2.27. The van der Waals surface area contributed by atoms with E-state index >= 15 is 0 Å². The molecular formula is C20H22N4O. The maximum Gasteiger partial charge on any atom is 0.256 e. The summed E-state index contributed by atoms with van der Waals surface area (Å²) in [6, 6.07) is 8.17. The third kappa shape index (κ3) is 2.80. The summed E-state index contributed by atoms with van der Waals surface area (Å²) in [6.07, 6.45) is 7.68. The van der Waals surface area contributed by atoms with Gasteiger partial charge in [-0.15, -0.1) is 0 Å². The summed E-state index contributed by atoms with van der Waals surface area (Å²) in [4.78, 5) is 23.9. The molecule has 4 rings (SSSR count). The number of hydrogen-bond acceptors (Lipinski definition) is 3. The first kappa shape index (κ1) is 15.8. The van der Waals surface area contributed by atoms with Crippen LogP contribution in [0.5, 0.6) is 0 Å². The van der Waals surface area contributed by atoms with E-state index in [-0.39, 0.29) is 5.91 Å². The lowest BCUT2D eigenvalue weighted by Crippen LogP contribution is -2.41. The highest BCUT2D eigenvalue weighted by Crippen LogP contribution is 2.26. The minimum absolute atomic E-state index is 0.0752. The van der Waals surface area contributed by atoms with Gasteiger partial charge in [0.05, 0.1) is 17.1 Å². The second-order valence-corrected chi connectivity index (χ2v) is 6.76. The Balaban J connectivity index is 1.65. The maximum atomic E-state index is 13.2. The van der Waals surface area contributed by atoms with Crippen LogP contribution in [-0.2, 0) is 0 Å². The van der Waals surface area contributed by atoms with Gasteiger partial charge < -0.3 is 9.47 Å². The number of rotatable bonds is 2. The molecule has 0 saturated carbocycles. The van der Waals surface area contributed by atoms with Gasteiger partial charge in [0.2, 0.25) is 0 Å². The number of aromatic nitrogens is 3. The molecule has 3 aromatic rings. The van der Waals surface area contributed by atoms with Crippen molar-refractivity contribution < 1.29 is 4.79 Å². The minimum Gasteiger partial charge on any atom is -0.337 e. The first-order valence-corrected chi connectivity index (χ1v) is 8.78. The van der Waals surface area contributed by atoms with Crippen LogP contribution in [0.2, 0.25) is 0 Å². The van der Waals surface area contributed by atoms with Crippen LogP contribution < -0.4 is 0 Å². The Hall–Kier alpha value is -2.69. The van der Waals surface area contributed by atoms with E-state index in [9.17, 15) is 4.79 Å². The van der Waals surface area contributed by atoms with Gasteiger partial charge in [-0.25, -0.2) is 4.98 Å². The number of likely N-dealkylation sites (tertiary alicyclic amines) is 1. The van der Waals surface area contributed by atoms with Crippen molar-refractivity contribution in [2.24, 2.45) is 0 Å². The monoisotopic (exact) mass is 334 g/mol. The summed E-state index contributed by atoms with van der Waals surface area (Å²) in [5.41, 5.74) is 2.64. The SMILES string of the molecule is Cc1ccc(C(=O)N2CCCC(n3ccnc3C)C2)c2ncccc12. The van der Waals surface area contributed by atoms with Gasteiger partial charge in [-0.2, -0.15) is 0 Å². The highest BCUT2D eigenvalue weighted by atomic mass is 16.2. The molecule has 128 valence electrons. The average Bonchev–Trinajstić information content (AvgIpc) is 3.08. The predicted octanol–water partition coefficient (Wildman–Crippen LogP) is 3.53. The number of imidazole rings is 1. The van der Waals surface area contributed by atoms with E-state index in [1.165, 1.54) is 0 Å².